The average molecular weight is 532 g/mol. The molecule has 13 nitrogen and oxygen atoms in total. The molecule has 1 atom stereocenters. The summed E-state index contributed by atoms with van der Waals surface area (Å²) >= 11 is 0. The predicted octanol–water partition coefficient (Wildman–Crippen LogP) is 0.972. The Morgan fingerprint density at radius 1 is 1.18 bits per heavy atom. The molecular weight excluding hydrogens is 502 g/mol. The monoisotopic (exact) mass is 531 g/mol. The third-order valence-electron chi connectivity index (χ3n) is 7.76. The van der Waals surface area contributed by atoms with Gasteiger partial charge in [0.1, 0.15) is 5.82 Å². The van der Waals surface area contributed by atoms with Crippen molar-refractivity contribution in [2.75, 3.05) is 43.2 Å². The number of rotatable bonds is 7. The first-order chi connectivity index (χ1) is 19.0. The van der Waals surface area contributed by atoms with Gasteiger partial charge in [0.2, 0.25) is 17.4 Å². The Balaban J connectivity index is 1.19. The molecule has 0 radical (unpaired) electrons. The number of hydrogen-bond acceptors (Lipinski definition) is 9. The zero-order valence-electron chi connectivity index (χ0n) is 21.5. The van der Waals surface area contributed by atoms with Gasteiger partial charge in [0.15, 0.2) is 0 Å². The lowest BCUT2D eigenvalue weighted by Gasteiger charge is -2.49. The molecule has 0 aliphatic carbocycles. The van der Waals surface area contributed by atoms with E-state index in [4.69, 9.17) is 4.74 Å². The van der Waals surface area contributed by atoms with Gasteiger partial charge in [-0.05, 0) is 42.3 Å². The highest BCUT2D eigenvalue weighted by molar-refractivity contribution is 6.16. The third kappa shape index (κ3) is 4.18. The lowest BCUT2D eigenvalue weighted by atomic mass is 9.94. The molecule has 0 bridgehead atoms. The van der Waals surface area contributed by atoms with E-state index in [2.05, 4.69) is 35.8 Å². The van der Waals surface area contributed by atoms with Crippen molar-refractivity contribution in [3.8, 4) is 11.4 Å². The minimum Gasteiger partial charge on any atom is -0.383 e. The molecule has 2 fully saturated rings. The summed E-state index contributed by atoms with van der Waals surface area (Å²) in [6, 6.07) is 10.7. The van der Waals surface area contributed by atoms with Crippen LogP contribution in [-0.4, -0.2) is 93.3 Å². The molecule has 3 aliphatic rings. The molecule has 0 spiro atoms. The van der Waals surface area contributed by atoms with E-state index >= 15 is 0 Å². The number of tetrazole rings is 1. The van der Waals surface area contributed by atoms with Gasteiger partial charge in [-0.1, -0.05) is 12.1 Å². The second kappa shape index (κ2) is 10.1. The Morgan fingerprint density at radius 3 is 2.72 bits per heavy atom. The summed E-state index contributed by atoms with van der Waals surface area (Å²) < 4.78 is 5.26. The van der Waals surface area contributed by atoms with Crippen LogP contribution < -0.4 is 15.1 Å². The first-order valence-corrected chi connectivity index (χ1v) is 13.0. The lowest BCUT2D eigenvalue weighted by Crippen LogP contribution is -2.71. The molecule has 3 aromatic rings. The summed E-state index contributed by atoms with van der Waals surface area (Å²) in [6.45, 7) is 1.85. The smallest absolute Gasteiger partial charge is 0.267 e. The van der Waals surface area contributed by atoms with Gasteiger partial charge in [-0.2, -0.15) is 5.21 Å². The number of amides is 3. The molecule has 2 saturated heterocycles. The number of ether oxygens (including phenoxy) is 1. The first kappa shape index (κ1) is 24.9. The summed E-state index contributed by atoms with van der Waals surface area (Å²) in [5.41, 5.74) is 0.258. The number of hydrogen-bond donors (Lipinski definition) is 2. The third-order valence-corrected chi connectivity index (χ3v) is 7.76. The van der Waals surface area contributed by atoms with Crippen molar-refractivity contribution in [3.63, 3.8) is 0 Å². The van der Waals surface area contributed by atoms with Crippen molar-refractivity contribution in [1.82, 2.24) is 35.8 Å². The highest BCUT2D eigenvalue weighted by atomic mass is 16.5. The van der Waals surface area contributed by atoms with Gasteiger partial charge >= 0.3 is 0 Å². The fourth-order valence-electron chi connectivity index (χ4n) is 5.81. The van der Waals surface area contributed by atoms with Gasteiger partial charge in [0.05, 0.1) is 17.9 Å². The topological polar surface area (TPSA) is 150 Å². The quantitative estimate of drug-likeness (QED) is 0.455. The average Bonchev–Trinajstić information content (AvgIpc) is 3.63. The maximum absolute atomic E-state index is 14.1. The van der Waals surface area contributed by atoms with E-state index < -0.39 is 5.66 Å². The summed E-state index contributed by atoms with van der Waals surface area (Å²) in [4.78, 5) is 50.6. The zero-order chi connectivity index (χ0) is 27.0. The molecule has 5 heterocycles. The zero-order valence-corrected chi connectivity index (χ0v) is 21.5. The van der Waals surface area contributed by atoms with Crippen molar-refractivity contribution >= 4 is 29.2 Å². The molecule has 13 heteroatoms. The minimum atomic E-state index is -1.41. The number of para-hydroxylation sites is 1. The van der Waals surface area contributed by atoms with E-state index in [0.29, 0.717) is 43.0 Å². The number of fused-ring (bicyclic) bond motifs is 3. The molecule has 1 aromatic carbocycles. The van der Waals surface area contributed by atoms with Gasteiger partial charge in [-0.25, -0.2) is 4.98 Å². The van der Waals surface area contributed by atoms with E-state index in [1.807, 2.05) is 12.1 Å². The van der Waals surface area contributed by atoms with Crippen LogP contribution in [0.25, 0.3) is 11.4 Å². The first-order valence-electron chi connectivity index (χ1n) is 13.0. The number of aromatic amines is 1. The molecule has 3 amide bonds. The van der Waals surface area contributed by atoms with Crippen LogP contribution in [0.4, 0.5) is 11.5 Å². The highest BCUT2D eigenvalue weighted by Gasteiger charge is 2.60. The predicted molar refractivity (Wildman–Crippen MR) is 140 cm³/mol. The molecule has 202 valence electrons. The fourth-order valence-corrected chi connectivity index (χ4v) is 5.81. The van der Waals surface area contributed by atoms with Gasteiger partial charge in [-0.3, -0.25) is 19.3 Å². The second-order valence-corrected chi connectivity index (χ2v) is 9.89. The fraction of sp³-hybridized carbons (Fsp3) is 0.423. The van der Waals surface area contributed by atoms with Crippen LogP contribution in [0.1, 0.15) is 36.0 Å². The lowest BCUT2D eigenvalue weighted by molar-refractivity contribution is -0.134. The van der Waals surface area contributed by atoms with Crippen LogP contribution >= 0.6 is 0 Å². The SMILES string of the molecule is COCCN1C(=O)c2ccccc2N2C(=O)CCC12C(=O)NC1CCN(c2ccc(-c3nn[nH]n3)cn2)CC1. The summed E-state index contributed by atoms with van der Waals surface area (Å²) in [5, 5.41) is 17.1. The summed E-state index contributed by atoms with van der Waals surface area (Å²) in [5.74, 6) is 0.552. The van der Waals surface area contributed by atoms with Crippen molar-refractivity contribution in [1.29, 1.82) is 0 Å². The number of pyridine rings is 1. The number of carbonyl (C=O) groups excluding carboxylic acids is 3. The van der Waals surface area contributed by atoms with Crippen LogP contribution in [-0.2, 0) is 14.3 Å². The number of piperidine rings is 1. The van der Waals surface area contributed by atoms with Gasteiger partial charge in [0, 0.05) is 57.4 Å². The van der Waals surface area contributed by atoms with Crippen LogP contribution in [0, 0.1) is 0 Å². The highest BCUT2D eigenvalue weighted by Crippen LogP contribution is 2.44. The number of nitrogens with zero attached hydrogens (tertiary/aromatic N) is 7. The standard InChI is InChI=1S/C26H29N9O4/c1-39-15-14-34-24(37)19-4-2-3-5-20(19)35-22(36)8-11-26(34,35)25(38)28-18-9-12-33(13-10-18)21-7-6-17(16-27-21)23-29-31-32-30-23/h2-7,16,18H,8-15H2,1H3,(H,28,38)(H,29,30,31,32). The molecule has 2 aromatic heterocycles. The van der Waals surface area contributed by atoms with Gasteiger partial charge < -0.3 is 19.9 Å². The van der Waals surface area contributed by atoms with Crippen LogP contribution in [0.3, 0.4) is 0 Å². The van der Waals surface area contributed by atoms with Crippen molar-refractivity contribution in [2.24, 2.45) is 0 Å². The van der Waals surface area contributed by atoms with Crippen LogP contribution in [0.5, 0.6) is 0 Å². The number of aromatic nitrogens is 5. The van der Waals surface area contributed by atoms with E-state index in [1.54, 1.807) is 37.6 Å². The van der Waals surface area contributed by atoms with E-state index in [-0.39, 0.29) is 49.8 Å². The number of H-pyrrole nitrogens is 1. The van der Waals surface area contributed by atoms with E-state index in [1.165, 1.54) is 9.80 Å². The van der Waals surface area contributed by atoms with Crippen molar-refractivity contribution in [3.05, 3.63) is 48.2 Å². The molecule has 39 heavy (non-hydrogen) atoms. The maximum Gasteiger partial charge on any atom is 0.267 e. The maximum atomic E-state index is 14.1. The normalized spacial score (nSPS) is 21.2. The number of benzene rings is 1. The summed E-state index contributed by atoms with van der Waals surface area (Å²) in [7, 11) is 1.55. The van der Waals surface area contributed by atoms with Crippen molar-refractivity contribution in [2.45, 2.75) is 37.4 Å². The number of methoxy groups -OCH3 is 1. The number of carbonyl (C=O) groups is 3. The molecular formula is C26H29N9O4. The molecule has 3 aliphatic heterocycles. The van der Waals surface area contributed by atoms with E-state index in [0.717, 1.165) is 11.4 Å². The number of nitrogens with one attached hydrogen (secondary N) is 2. The molecule has 0 saturated carbocycles. The largest absolute Gasteiger partial charge is 0.383 e. The van der Waals surface area contributed by atoms with Gasteiger partial charge in [0.25, 0.3) is 11.8 Å². The Hall–Kier alpha value is -4.39. The minimum absolute atomic E-state index is 0.101. The van der Waals surface area contributed by atoms with Crippen LogP contribution in [0.2, 0.25) is 0 Å². The van der Waals surface area contributed by atoms with E-state index in [9.17, 15) is 14.4 Å². The number of anilines is 2. The summed E-state index contributed by atoms with van der Waals surface area (Å²) in [6.07, 6.45) is 3.53. The Bertz CT molecular complexity index is 1370. The Morgan fingerprint density at radius 2 is 2.00 bits per heavy atom. The Labute approximate surface area is 224 Å². The molecule has 2 N–H and O–H groups in total. The molecule has 6 rings (SSSR count). The second-order valence-electron chi connectivity index (χ2n) is 9.89. The van der Waals surface area contributed by atoms with Gasteiger partial charge in [-0.15, -0.1) is 10.2 Å². The Kier molecular flexibility index (Phi) is 6.43. The van der Waals surface area contributed by atoms with Crippen LogP contribution in [0.15, 0.2) is 42.6 Å². The van der Waals surface area contributed by atoms with Crippen molar-refractivity contribution < 1.29 is 19.1 Å². The molecule has 1 unspecified atom stereocenters.